The lowest BCUT2D eigenvalue weighted by Crippen LogP contribution is -2.23. The molecule has 1 aromatic carbocycles. The Balaban J connectivity index is 2.00. The highest BCUT2D eigenvalue weighted by molar-refractivity contribution is 7.91. The predicted molar refractivity (Wildman–Crippen MR) is 67.7 cm³/mol. The van der Waals surface area contributed by atoms with Crippen molar-refractivity contribution in [3.8, 4) is 0 Å². The lowest BCUT2D eigenvalue weighted by atomic mass is 9.95. The molecule has 0 aromatic heterocycles. The van der Waals surface area contributed by atoms with Crippen molar-refractivity contribution < 1.29 is 13.5 Å². The normalized spacial score (nSPS) is 24.7. The lowest BCUT2D eigenvalue weighted by Gasteiger charge is -2.16. The molecule has 4 heteroatoms. The molecule has 1 fully saturated rings. The van der Waals surface area contributed by atoms with E-state index in [9.17, 15) is 13.5 Å². The van der Waals surface area contributed by atoms with Crippen molar-refractivity contribution in [2.75, 3.05) is 11.5 Å². The molecule has 0 saturated carbocycles. The molecule has 0 spiro atoms. The van der Waals surface area contributed by atoms with E-state index in [0.717, 1.165) is 11.1 Å². The van der Waals surface area contributed by atoms with E-state index in [0.29, 0.717) is 12.8 Å². The fourth-order valence-electron chi connectivity index (χ4n) is 2.37. The third kappa shape index (κ3) is 3.30. The first kappa shape index (κ1) is 12.6. The summed E-state index contributed by atoms with van der Waals surface area (Å²) in [6.45, 7) is 2.01. The maximum Gasteiger partial charge on any atom is 0.150 e. The average molecular weight is 254 g/mol. The average Bonchev–Trinajstić information content (AvgIpc) is 2.59. The van der Waals surface area contributed by atoms with Gasteiger partial charge in [0.2, 0.25) is 0 Å². The van der Waals surface area contributed by atoms with Crippen LogP contribution in [0.3, 0.4) is 0 Å². The molecule has 0 amide bonds. The fraction of sp³-hybridized carbons (Fsp3) is 0.538. The molecular formula is C13H18O3S. The van der Waals surface area contributed by atoms with Crippen molar-refractivity contribution in [2.45, 2.75) is 25.9 Å². The van der Waals surface area contributed by atoms with Crippen molar-refractivity contribution >= 4 is 9.84 Å². The van der Waals surface area contributed by atoms with Crippen LogP contribution in [0.1, 0.15) is 17.5 Å². The van der Waals surface area contributed by atoms with Gasteiger partial charge in [-0.3, -0.25) is 0 Å². The van der Waals surface area contributed by atoms with Gasteiger partial charge in [-0.1, -0.05) is 29.8 Å². The van der Waals surface area contributed by atoms with Crippen molar-refractivity contribution in [1.29, 1.82) is 0 Å². The largest absolute Gasteiger partial charge is 0.392 e. The molecule has 1 aromatic rings. The highest BCUT2D eigenvalue weighted by atomic mass is 32.2. The summed E-state index contributed by atoms with van der Waals surface area (Å²) in [5.74, 6) is 0.267. The van der Waals surface area contributed by atoms with Gasteiger partial charge in [0.1, 0.15) is 0 Å². The smallest absolute Gasteiger partial charge is 0.150 e. The fourth-order valence-corrected chi connectivity index (χ4v) is 4.24. The van der Waals surface area contributed by atoms with Crippen molar-refractivity contribution in [2.24, 2.45) is 5.92 Å². The molecule has 17 heavy (non-hydrogen) atoms. The minimum Gasteiger partial charge on any atom is -0.392 e. The zero-order valence-electron chi connectivity index (χ0n) is 9.96. The maximum absolute atomic E-state index is 11.3. The Hall–Kier alpha value is -0.870. The van der Waals surface area contributed by atoms with Gasteiger partial charge in [-0.05, 0) is 25.3 Å². The summed E-state index contributed by atoms with van der Waals surface area (Å²) in [6, 6.07) is 7.98. The Kier molecular flexibility index (Phi) is 3.54. The van der Waals surface area contributed by atoms with Gasteiger partial charge in [0, 0.05) is 5.92 Å². The summed E-state index contributed by atoms with van der Waals surface area (Å²) in [5.41, 5.74) is 2.23. The number of aliphatic hydroxyl groups is 1. The van der Waals surface area contributed by atoms with Crippen LogP contribution in [0.5, 0.6) is 0 Å². The Morgan fingerprint density at radius 1 is 1.47 bits per heavy atom. The second-order valence-electron chi connectivity index (χ2n) is 4.92. The number of hydrogen-bond donors (Lipinski definition) is 1. The molecule has 1 heterocycles. The number of sulfone groups is 1. The van der Waals surface area contributed by atoms with Gasteiger partial charge in [-0.2, -0.15) is 0 Å². The van der Waals surface area contributed by atoms with Crippen LogP contribution in [0.2, 0.25) is 0 Å². The van der Waals surface area contributed by atoms with Gasteiger partial charge in [0.15, 0.2) is 9.84 Å². The number of aryl methyl sites for hydroxylation is 1. The van der Waals surface area contributed by atoms with E-state index >= 15 is 0 Å². The van der Waals surface area contributed by atoms with E-state index < -0.39 is 15.9 Å². The van der Waals surface area contributed by atoms with E-state index in [4.69, 9.17) is 0 Å². The third-order valence-corrected chi connectivity index (χ3v) is 5.13. The van der Waals surface area contributed by atoms with Crippen LogP contribution < -0.4 is 0 Å². The molecule has 2 atom stereocenters. The lowest BCUT2D eigenvalue weighted by molar-refractivity contribution is 0.120. The molecule has 0 aliphatic carbocycles. The molecule has 2 unspecified atom stereocenters. The summed E-state index contributed by atoms with van der Waals surface area (Å²) >= 11 is 0. The summed E-state index contributed by atoms with van der Waals surface area (Å²) < 4.78 is 22.7. The van der Waals surface area contributed by atoms with Gasteiger partial charge in [0.05, 0.1) is 17.6 Å². The van der Waals surface area contributed by atoms with E-state index in [1.54, 1.807) is 0 Å². The summed E-state index contributed by atoms with van der Waals surface area (Å²) in [5, 5.41) is 10.1. The Morgan fingerprint density at radius 2 is 2.24 bits per heavy atom. The minimum atomic E-state index is -2.90. The number of aliphatic hydroxyl groups excluding tert-OH is 1. The van der Waals surface area contributed by atoms with Crippen LogP contribution in [0.4, 0.5) is 0 Å². The van der Waals surface area contributed by atoms with Crippen molar-refractivity contribution in [3.63, 3.8) is 0 Å². The van der Waals surface area contributed by atoms with Crippen LogP contribution in [-0.2, 0) is 16.3 Å². The summed E-state index contributed by atoms with van der Waals surface area (Å²) in [4.78, 5) is 0. The minimum absolute atomic E-state index is 0.0967. The molecule has 1 N–H and O–H groups in total. The van der Waals surface area contributed by atoms with Gasteiger partial charge >= 0.3 is 0 Å². The topological polar surface area (TPSA) is 54.4 Å². The Morgan fingerprint density at radius 3 is 2.82 bits per heavy atom. The molecule has 2 rings (SSSR count). The number of hydrogen-bond acceptors (Lipinski definition) is 3. The van der Waals surface area contributed by atoms with E-state index in [1.807, 2.05) is 31.2 Å². The van der Waals surface area contributed by atoms with Crippen LogP contribution >= 0.6 is 0 Å². The maximum atomic E-state index is 11.3. The van der Waals surface area contributed by atoms with Gasteiger partial charge < -0.3 is 5.11 Å². The second kappa shape index (κ2) is 4.78. The third-order valence-electron chi connectivity index (χ3n) is 3.34. The zero-order valence-corrected chi connectivity index (χ0v) is 10.8. The zero-order chi connectivity index (χ0) is 12.5. The van der Waals surface area contributed by atoms with Gasteiger partial charge in [0.25, 0.3) is 0 Å². The van der Waals surface area contributed by atoms with Crippen LogP contribution in [0.15, 0.2) is 24.3 Å². The van der Waals surface area contributed by atoms with E-state index in [2.05, 4.69) is 0 Å². The number of rotatable bonds is 3. The Labute approximate surface area is 102 Å². The monoisotopic (exact) mass is 254 g/mol. The first-order valence-electron chi connectivity index (χ1n) is 5.90. The molecule has 3 nitrogen and oxygen atoms in total. The molecule has 1 aliphatic rings. The molecular weight excluding hydrogens is 236 g/mol. The predicted octanol–water partition coefficient (Wildman–Crippen LogP) is 1.33. The molecule has 0 radical (unpaired) electrons. The molecule has 0 bridgehead atoms. The second-order valence-corrected chi connectivity index (χ2v) is 7.15. The first-order chi connectivity index (χ1) is 7.96. The Bertz CT molecular complexity index is 493. The van der Waals surface area contributed by atoms with E-state index in [-0.39, 0.29) is 17.4 Å². The highest BCUT2D eigenvalue weighted by Gasteiger charge is 2.32. The van der Waals surface area contributed by atoms with E-state index in [1.165, 1.54) is 0 Å². The number of benzene rings is 1. The quantitative estimate of drug-likeness (QED) is 0.885. The van der Waals surface area contributed by atoms with Crippen LogP contribution in [-0.4, -0.2) is 31.1 Å². The SMILES string of the molecule is Cc1cccc(CC(O)C2CCS(=O)(=O)C2)c1. The van der Waals surface area contributed by atoms with Crippen LogP contribution in [0, 0.1) is 12.8 Å². The van der Waals surface area contributed by atoms with Gasteiger partial charge in [-0.25, -0.2) is 8.42 Å². The van der Waals surface area contributed by atoms with Crippen molar-refractivity contribution in [1.82, 2.24) is 0 Å². The molecule has 94 valence electrons. The first-order valence-corrected chi connectivity index (χ1v) is 7.72. The van der Waals surface area contributed by atoms with Gasteiger partial charge in [-0.15, -0.1) is 0 Å². The van der Waals surface area contributed by atoms with Crippen molar-refractivity contribution in [3.05, 3.63) is 35.4 Å². The molecule has 1 aliphatic heterocycles. The standard InChI is InChI=1S/C13H18O3S/c1-10-3-2-4-11(7-10)8-13(14)12-5-6-17(15,16)9-12/h2-4,7,12-14H,5-6,8-9H2,1H3. The summed E-state index contributed by atoms with van der Waals surface area (Å²) in [6.07, 6.45) is 0.589. The summed E-state index contributed by atoms with van der Waals surface area (Å²) in [7, 11) is -2.90. The molecule has 1 saturated heterocycles. The highest BCUT2D eigenvalue weighted by Crippen LogP contribution is 2.24. The van der Waals surface area contributed by atoms with Crippen LogP contribution in [0.25, 0.3) is 0 Å².